The largest absolute Gasteiger partial charge is 0.481 e. The molecular weight excluding hydrogens is 222 g/mol. The van der Waals surface area contributed by atoms with Crippen LogP contribution in [0.2, 0.25) is 0 Å². The third-order valence-electron chi connectivity index (χ3n) is 2.18. The second-order valence-corrected chi connectivity index (χ2v) is 3.73. The summed E-state index contributed by atoms with van der Waals surface area (Å²) in [5.74, 6) is 0.284. The molecule has 1 rings (SSSR count). The van der Waals surface area contributed by atoms with Gasteiger partial charge in [-0.1, -0.05) is 0 Å². The van der Waals surface area contributed by atoms with Gasteiger partial charge in [-0.05, 0) is 20.8 Å². The average molecular weight is 239 g/mol. The van der Waals surface area contributed by atoms with Crippen molar-refractivity contribution in [3.8, 4) is 5.88 Å². The van der Waals surface area contributed by atoms with Gasteiger partial charge in [0, 0.05) is 6.04 Å². The van der Waals surface area contributed by atoms with Crippen molar-refractivity contribution in [2.75, 3.05) is 11.9 Å². The monoisotopic (exact) mass is 239 g/mol. The van der Waals surface area contributed by atoms with Crippen LogP contribution < -0.4 is 10.1 Å². The molecule has 0 saturated heterocycles. The van der Waals surface area contributed by atoms with Crippen LogP contribution in [0.15, 0.2) is 6.33 Å². The average Bonchev–Trinajstić information content (AvgIpc) is 2.23. The van der Waals surface area contributed by atoms with Crippen LogP contribution in [-0.4, -0.2) is 33.7 Å². The fourth-order valence-electron chi connectivity index (χ4n) is 1.41. The Morgan fingerprint density at radius 2 is 2.29 bits per heavy atom. The van der Waals surface area contributed by atoms with Crippen LogP contribution in [-0.2, 0) is 4.79 Å². The van der Waals surface area contributed by atoms with Crippen molar-refractivity contribution >= 4 is 11.8 Å². The Hall–Kier alpha value is -1.85. The summed E-state index contributed by atoms with van der Waals surface area (Å²) in [6.07, 6.45) is 1.43. The fourth-order valence-corrected chi connectivity index (χ4v) is 1.41. The quantitative estimate of drug-likeness (QED) is 0.781. The van der Waals surface area contributed by atoms with E-state index in [-0.39, 0.29) is 12.5 Å². The second-order valence-electron chi connectivity index (χ2n) is 3.73. The SMILES string of the molecule is CCOc1ncnc(NC(C)CC(=O)O)c1C. The number of hydrogen-bond donors (Lipinski definition) is 2. The predicted octanol–water partition coefficient (Wildman–Crippen LogP) is 1.46. The number of nitrogens with zero attached hydrogens (tertiary/aromatic N) is 2. The van der Waals surface area contributed by atoms with E-state index in [0.29, 0.717) is 18.3 Å². The van der Waals surface area contributed by atoms with E-state index in [1.165, 1.54) is 6.33 Å². The molecule has 1 heterocycles. The van der Waals surface area contributed by atoms with E-state index in [2.05, 4.69) is 15.3 Å². The Labute approximate surface area is 100 Å². The Morgan fingerprint density at radius 3 is 2.88 bits per heavy atom. The molecule has 0 amide bonds. The first-order valence-corrected chi connectivity index (χ1v) is 5.47. The highest BCUT2D eigenvalue weighted by atomic mass is 16.5. The van der Waals surface area contributed by atoms with Crippen LogP contribution in [0.3, 0.4) is 0 Å². The Morgan fingerprint density at radius 1 is 1.59 bits per heavy atom. The molecule has 0 fully saturated rings. The molecule has 0 aliphatic carbocycles. The number of hydrogen-bond acceptors (Lipinski definition) is 5. The summed E-state index contributed by atoms with van der Waals surface area (Å²) in [4.78, 5) is 18.6. The van der Waals surface area contributed by atoms with E-state index in [1.807, 2.05) is 13.8 Å². The van der Waals surface area contributed by atoms with Gasteiger partial charge < -0.3 is 15.2 Å². The van der Waals surface area contributed by atoms with Gasteiger partial charge in [-0.3, -0.25) is 4.79 Å². The highest BCUT2D eigenvalue weighted by Gasteiger charge is 2.12. The zero-order chi connectivity index (χ0) is 12.8. The molecule has 17 heavy (non-hydrogen) atoms. The first-order valence-electron chi connectivity index (χ1n) is 5.47. The van der Waals surface area contributed by atoms with E-state index >= 15 is 0 Å². The highest BCUT2D eigenvalue weighted by Crippen LogP contribution is 2.21. The van der Waals surface area contributed by atoms with Crippen LogP contribution in [0.5, 0.6) is 5.88 Å². The minimum absolute atomic E-state index is 0.0351. The van der Waals surface area contributed by atoms with E-state index < -0.39 is 5.97 Å². The third kappa shape index (κ3) is 3.90. The lowest BCUT2D eigenvalue weighted by Gasteiger charge is -2.15. The maximum absolute atomic E-state index is 10.6. The van der Waals surface area contributed by atoms with Crippen LogP contribution in [0.1, 0.15) is 25.8 Å². The third-order valence-corrected chi connectivity index (χ3v) is 2.18. The van der Waals surface area contributed by atoms with E-state index in [9.17, 15) is 4.79 Å². The molecule has 6 heteroatoms. The van der Waals surface area contributed by atoms with E-state index in [1.54, 1.807) is 6.92 Å². The standard InChI is InChI=1S/C11H17N3O3/c1-4-17-11-8(3)10(12-6-13-11)14-7(2)5-9(15)16/h6-7H,4-5H2,1-3H3,(H,15,16)(H,12,13,14). The molecule has 94 valence electrons. The molecule has 2 N–H and O–H groups in total. The summed E-state index contributed by atoms with van der Waals surface area (Å²) in [7, 11) is 0. The molecule has 1 aromatic heterocycles. The van der Waals surface area contributed by atoms with Crippen LogP contribution in [0.4, 0.5) is 5.82 Å². The molecule has 0 radical (unpaired) electrons. The maximum atomic E-state index is 10.6. The van der Waals surface area contributed by atoms with Crippen molar-refractivity contribution in [1.82, 2.24) is 9.97 Å². The van der Waals surface area contributed by atoms with E-state index in [4.69, 9.17) is 9.84 Å². The molecule has 0 aromatic carbocycles. The van der Waals surface area contributed by atoms with Crippen molar-refractivity contribution in [3.63, 3.8) is 0 Å². The molecule has 0 aliphatic heterocycles. The molecule has 1 unspecified atom stereocenters. The molecule has 0 aliphatic rings. The molecule has 6 nitrogen and oxygen atoms in total. The number of ether oxygens (including phenoxy) is 1. The zero-order valence-corrected chi connectivity index (χ0v) is 10.2. The highest BCUT2D eigenvalue weighted by molar-refractivity contribution is 5.68. The van der Waals surface area contributed by atoms with Crippen molar-refractivity contribution in [2.45, 2.75) is 33.2 Å². The van der Waals surface area contributed by atoms with Gasteiger partial charge in [0.15, 0.2) is 0 Å². The predicted molar refractivity (Wildman–Crippen MR) is 63.3 cm³/mol. The first kappa shape index (κ1) is 13.2. The number of anilines is 1. The number of carbonyl (C=O) groups is 1. The van der Waals surface area contributed by atoms with Gasteiger partial charge in [-0.25, -0.2) is 9.97 Å². The topological polar surface area (TPSA) is 84.3 Å². The number of carboxylic acids is 1. The summed E-state index contributed by atoms with van der Waals surface area (Å²) >= 11 is 0. The van der Waals surface area contributed by atoms with Crippen molar-refractivity contribution < 1.29 is 14.6 Å². The van der Waals surface area contributed by atoms with Gasteiger partial charge in [0.25, 0.3) is 0 Å². The van der Waals surface area contributed by atoms with Crippen LogP contribution >= 0.6 is 0 Å². The Bertz CT molecular complexity index is 396. The summed E-state index contributed by atoms with van der Waals surface area (Å²) in [5, 5.41) is 11.7. The molecule has 0 spiro atoms. The fraction of sp³-hybridized carbons (Fsp3) is 0.545. The molecule has 0 bridgehead atoms. The van der Waals surface area contributed by atoms with Gasteiger partial charge in [0.05, 0.1) is 18.6 Å². The maximum Gasteiger partial charge on any atom is 0.305 e. The van der Waals surface area contributed by atoms with Crippen molar-refractivity contribution in [1.29, 1.82) is 0 Å². The van der Waals surface area contributed by atoms with E-state index in [0.717, 1.165) is 5.56 Å². The number of carboxylic acid groups (broad SMARTS) is 1. The van der Waals surface area contributed by atoms with Crippen molar-refractivity contribution in [2.24, 2.45) is 0 Å². The van der Waals surface area contributed by atoms with Crippen LogP contribution in [0.25, 0.3) is 0 Å². The number of rotatable bonds is 6. The summed E-state index contributed by atoms with van der Waals surface area (Å²) in [6.45, 7) is 6.03. The minimum Gasteiger partial charge on any atom is -0.481 e. The number of nitrogens with one attached hydrogen (secondary N) is 1. The van der Waals surface area contributed by atoms with Gasteiger partial charge in [-0.2, -0.15) is 0 Å². The number of aliphatic carboxylic acids is 1. The first-order chi connectivity index (χ1) is 8.04. The molecular formula is C11H17N3O3. The summed E-state index contributed by atoms with van der Waals surface area (Å²) in [6, 6.07) is -0.199. The van der Waals surface area contributed by atoms with Gasteiger partial charge in [0.2, 0.25) is 5.88 Å². The second kappa shape index (κ2) is 6.03. The van der Waals surface area contributed by atoms with Gasteiger partial charge in [0.1, 0.15) is 12.1 Å². The lowest BCUT2D eigenvalue weighted by atomic mass is 10.2. The van der Waals surface area contributed by atoms with Crippen molar-refractivity contribution in [3.05, 3.63) is 11.9 Å². The molecule has 1 aromatic rings. The minimum atomic E-state index is -0.846. The number of aromatic nitrogens is 2. The molecule has 1 atom stereocenters. The lowest BCUT2D eigenvalue weighted by Crippen LogP contribution is -2.20. The summed E-state index contributed by atoms with van der Waals surface area (Å²) in [5.41, 5.74) is 0.784. The van der Waals surface area contributed by atoms with Crippen LogP contribution in [0, 0.1) is 6.92 Å². The normalized spacial score (nSPS) is 11.9. The van der Waals surface area contributed by atoms with Gasteiger partial charge in [-0.15, -0.1) is 0 Å². The van der Waals surface area contributed by atoms with Gasteiger partial charge >= 0.3 is 5.97 Å². The smallest absolute Gasteiger partial charge is 0.305 e. The molecule has 0 saturated carbocycles. The lowest BCUT2D eigenvalue weighted by molar-refractivity contribution is -0.137. The Balaban J connectivity index is 2.77. The zero-order valence-electron chi connectivity index (χ0n) is 10.2. The summed E-state index contributed by atoms with van der Waals surface area (Å²) < 4.78 is 5.33. The Kier molecular flexibility index (Phi) is 4.68.